The van der Waals surface area contributed by atoms with Crippen molar-refractivity contribution in [3.8, 4) is 0 Å². The van der Waals surface area contributed by atoms with Gasteiger partial charge >= 0.3 is 0 Å². The molecule has 0 aliphatic rings. The highest BCUT2D eigenvalue weighted by Crippen LogP contribution is 2.24. The van der Waals surface area contributed by atoms with Crippen LogP contribution in [0.2, 0.25) is 5.15 Å². The predicted molar refractivity (Wildman–Crippen MR) is 99.0 cm³/mol. The van der Waals surface area contributed by atoms with E-state index in [9.17, 15) is 4.79 Å². The number of anilines is 3. The maximum Gasteiger partial charge on any atom is 0.279 e. The van der Waals surface area contributed by atoms with Gasteiger partial charge in [-0.1, -0.05) is 31.5 Å². The van der Waals surface area contributed by atoms with Gasteiger partial charge in [-0.3, -0.25) is 4.79 Å². The highest BCUT2D eigenvalue weighted by molar-refractivity contribution is 6.32. The lowest BCUT2D eigenvalue weighted by atomic mass is 10.2. The van der Waals surface area contributed by atoms with E-state index < -0.39 is 5.91 Å². The minimum absolute atomic E-state index is 0. The first-order chi connectivity index (χ1) is 10.9. The zero-order chi connectivity index (χ0) is 17.0. The van der Waals surface area contributed by atoms with Crippen LogP contribution < -0.4 is 16.0 Å². The first-order valence-corrected chi connectivity index (χ1v) is 7.52. The average Bonchev–Trinajstić information content (AvgIpc) is 2.49. The Morgan fingerprint density at radius 3 is 2.67 bits per heavy atom. The molecule has 0 fully saturated rings. The van der Waals surface area contributed by atoms with Crippen molar-refractivity contribution in [3.63, 3.8) is 0 Å². The highest BCUT2D eigenvalue weighted by atomic mass is 35.5. The van der Waals surface area contributed by atoms with Gasteiger partial charge in [0.1, 0.15) is 5.82 Å². The number of nitrogens with one attached hydrogen (secondary N) is 1. The normalized spacial score (nSPS) is 10.2. The molecule has 130 valence electrons. The molecular formula is C15H20Cl2N6O. The Balaban J connectivity index is 0.00000288. The van der Waals surface area contributed by atoms with Crippen molar-refractivity contribution in [1.82, 2.24) is 15.0 Å². The number of carbonyl (C=O) groups excluding carboxylic acids is 1. The fraction of sp³-hybridized carbons (Fsp3) is 0.333. The summed E-state index contributed by atoms with van der Waals surface area (Å²) in [5.41, 5.74) is 5.85. The van der Waals surface area contributed by atoms with Crippen molar-refractivity contribution >= 4 is 47.4 Å². The van der Waals surface area contributed by atoms with Gasteiger partial charge in [0, 0.05) is 19.8 Å². The van der Waals surface area contributed by atoms with E-state index in [1.165, 1.54) is 0 Å². The van der Waals surface area contributed by atoms with Crippen molar-refractivity contribution in [2.45, 2.75) is 13.8 Å². The molecule has 0 saturated carbocycles. The van der Waals surface area contributed by atoms with Gasteiger partial charge in [-0.25, -0.2) is 15.0 Å². The molecule has 0 radical (unpaired) electrons. The molecule has 0 aliphatic carbocycles. The number of carbonyl (C=O) groups is 1. The van der Waals surface area contributed by atoms with E-state index in [1.54, 1.807) is 24.4 Å². The first-order valence-electron chi connectivity index (χ1n) is 7.15. The van der Waals surface area contributed by atoms with Crippen LogP contribution in [0.3, 0.4) is 0 Å². The van der Waals surface area contributed by atoms with E-state index in [1.807, 2.05) is 11.9 Å². The summed E-state index contributed by atoms with van der Waals surface area (Å²) in [6, 6.07) is 5.17. The minimum Gasteiger partial charge on any atom is -0.382 e. The largest absolute Gasteiger partial charge is 0.382 e. The molecule has 2 heterocycles. The number of rotatable bonds is 5. The zero-order valence-electron chi connectivity index (χ0n) is 13.7. The summed E-state index contributed by atoms with van der Waals surface area (Å²) >= 11 is 6.16. The minimum atomic E-state index is -0.506. The molecule has 9 heteroatoms. The summed E-state index contributed by atoms with van der Waals surface area (Å²) in [5, 5.41) is 2.74. The van der Waals surface area contributed by atoms with Crippen LogP contribution >= 0.6 is 24.0 Å². The Kier molecular flexibility index (Phi) is 7.18. The maximum atomic E-state index is 12.2. The van der Waals surface area contributed by atoms with Crippen LogP contribution in [0.1, 0.15) is 24.3 Å². The Hall–Kier alpha value is -2.12. The van der Waals surface area contributed by atoms with Crippen LogP contribution in [0.15, 0.2) is 24.4 Å². The van der Waals surface area contributed by atoms with E-state index in [0.717, 1.165) is 6.54 Å². The monoisotopic (exact) mass is 370 g/mol. The third kappa shape index (κ3) is 4.94. The molecule has 2 rings (SSSR count). The second-order valence-electron chi connectivity index (χ2n) is 5.52. The summed E-state index contributed by atoms with van der Waals surface area (Å²) in [4.78, 5) is 26.4. The Morgan fingerprint density at radius 1 is 1.38 bits per heavy atom. The molecule has 0 saturated heterocycles. The van der Waals surface area contributed by atoms with Gasteiger partial charge in [0.2, 0.25) is 0 Å². The Morgan fingerprint density at radius 2 is 2.08 bits per heavy atom. The number of amides is 1. The number of nitrogen functional groups attached to an aromatic ring is 1. The standard InChI is InChI=1S/C15H19ClN6O.ClH/c1-9(2)8-22(3)14-12(16)20-11(13(17)21-14)15(23)19-10-6-4-5-7-18-10;/h4-7,9H,8H2,1-3H3,(H2,17,21)(H,18,19,23);1H. The van der Waals surface area contributed by atoms with Crippen LogP contribution in [-0.2, 0) is 0 Å². The van der Waals surface area contributed by atoms with E-state index in [0.29, 0.717) is 17.6 Å². The topological polar surface area (TPSA) is 97.0 Å². The highest BCUT2D eigenvalue weighted by Gasteiger charge is 2.19. The van der Waals surface area contributed by atoms with E-state index in [2.05, 4.69) is 34.1 Å². The third-order valence-electron chi connectivity index (χ3n) is 2.99. The quantitative estimate of drug-likeness (QED) is 0.839. The lowest BCUT2D eigenvalue weighted by molar-refractivity contribution is 0.102. The lowest BCUT2D eigenvalue weighted by Crippen LogP contribution is -2.26. The summed E-state index contributed by atoms with van der Waals surface area (Å²) in [6.07, 6.45) is 1.57. The number of aromatic nitrogens is 3. The van der Waals surface area contributed by atoms with E-state index in [4.69, 9.17) is 17.3 Å². The van der Waals surface area contributed by atoms with Crippen molar-refractivity contribution in [2.75, 3.05) is 29.5 Å². The molecular weight excluding hydrogens is 351 g/mol. The summed E-state index contributed by atoms with van der Waals surface area (Å²) in [6.45, 7) is 4.90. The molecule has 0 aliphatic heterocycles. The molecule has 0 bridgehead atoms. The van der Waals surface area contributed by atoms with Crippen LogP contribution in [0.25, 0.3) is 0 Å². The molecule has 2 aromatic rings. The number of halogens is 2. The predicted octanol–water partition coefficient (Wildman–Crippen LogP) is 2.87. The van der Waals surface area contributed by atoms with Crippen molar-refractivity contribution in [3.05, 3.63) is 35.2 Å². The van der Waals surface area contributed by atoms with Crippen LogP contribution in [-0.4, -0.2) is 34.5 Å². The van der Waals surface area contributed by atoms with Crippen molar-refractivity contribution < 1.29 is 4.79 Å². The van der Waals surface area contributed by atoms with Gasteiger partial charge in [0.05, 0.1) is 0 Å². The SMILES string of the molecule is CC(C)CN(C)c1nc(N)c(C(=O)Nc2ccccn2)nc1Cl.Cl. The summed E-state index contributed by atoms with van der Waals surface area (Å²) < 4.78 is 0. The van der Waals surface area contributed by atoms with Crippen molar-refractivity contribution in [1.29, 1.82) is 0 Å². The van der Waals surface area contributed by atoms with Crippen LogP contribution in [0.4, 0.5) is 17.5 Å². The summed E-state index contributed by atoms with van der Waals surface area (Å²) in [5.74, 6) is 0.788. The number of nitrogens with two attached hydrogens (primary N) is 1. The fourth-order valence-corrected chi connectivity index (χ4v) is 2.35. The number of pyridine rings is 1. The number of hydrogen-bond acceptors (Lipinski definition) is 6. The second-order valence-corrected chi connectivity index (χ2v) is 5.87. The van der Waals surface area contributed by atoms with Gasteiger partial charge in [-0.05, 0) is 18.1 Å². The van der Waals surface area contributed by atoms with E-state index in [-0.39, 0.29) is 29.1 Å². The Bertz CT molecular complexity index is 696. The molecule has 0 spiro atoms. The fourth-order valence-electron chi connectivity index (χ4n) is 2.07. The molecule has 1 amide bonds. The molecule has 3 N–H and O–H groups in total. The lowest BCUT2D eigenvalue weighted by Gasteiger charge is -2.21. The average molecular weight is 371 g/mol. The van der Waals surface area contributed by atoms with Crippen molar-refractivity contribution in [2.24, 2.45) is 5.92 Å². The van der Waals surface area contributed by atoms with Gasteiger partial charge < -0.3 is 16.0 Å². The van der Waals surface area contributed by atoms with E-state index >= 15 is 0 Å². The zero-order valence-corrected chi connectivity index (χ0v) is 15.2. The van der Waals surface area contributed by atoms with Gasteiger partial charge in [-0.2, -0.15) is 0 Å². The first kappa shape index (κ1) is 19.9. The molecule has 0 unspecified atom stereocenters. The second kappa shape index (κ2) is 8.65. The van der Waals surface area contributed by atoms with Gasteiger partial charge in [0.25, 0.3) is 5.91 Å². The third-order valence-corrected chi connectivity index (χ3v) is 3.24. The van der Waals surface area contributed by atoms with Gasteiger partial charge in [0.15, 0.2) is 22.5 Å². The van der Waals surface area contributed by atoms with Crippen LogP contribution in [0, 0.1) is 5.92 Å². The maximum absolute atomic E-state index is 12.2. The molecule has 2 aromatic heterocycles. The molecule has 0 aromatic carbocycles. The smallest absolute Gasteiger partial charge is 0.279 e. The van der Waals surface area contributed by atoms with Gasteiger partial charge in [-0.15, -0.1) is 12.4 Å². The molecule has 7 nitrogen and oxygen atoms in total. The number of hydrogen-bond donors (Lipinski definition) is 2. The molecule has 0 atom stereocenters. The van der Waals surface area contributed by atoms with Crippen LogP contribution in [0.5, 0.6) is 0 Å². The number of nitrogens with zero attached hydrogens (tertiary/aromatic N) is 4. The Labute approximate surface area is 152 Å². The summed E-state index contributed by atoms with van der Waals surface area (Å²) in [7, 11) is 1.85. The molecule has 24 heavy (non-hydrogen) atoms.